The van der Waals surface area contributed by atoms with Gasteiger partial charge in [-0.2, -0.15) is 0 Å². The zero-order chi connectivity index (χ0) is 13.6. The molecule has 2 nitrogen and oxygen atoms in total. The minimum absolute atomic E-state index is 0.0711. The van der Waals surface area contributed by atoms with Crippen LogP contribution in [0.1, 0.15) is 41.5 Å². The van der Waals surface area contributed by atoms with Crippen molar-refractivity contribution in [2.75, 3.05) is 6.61 Å². The van der Waals surface area contributed by atoms with Crippen molar-refractivity contribution in [3.63, 3.8) is 0 Å². The molecule has 0 N–H and O–H groups in total. The van der Waals surface area contributed by atoms with E-state index >= 15 is 0 Å². The highest BCUT2D eigenvalue weighted by Crippen LogP contribution is 2.34. The smallest absolute Gasteiger partial charge is 0.308 e. The number of rotatable bonds is 6. The van der Waals surface area contributed by atoms with E-state index in [4.69, 9.17) is 4.74 Å². The van der Waals surface area contributed by atoms with Crippen LogP contribution in [0.5, 0.6) is 0 Å². The summed E-state index contributed by atoms with van der Waals surface area (Å²) >= 11 is 0. The molecule has 0 aliphatic heterocycles. The van der Waals surface area contributed by atoms with Crippen molar-refractivity contribution in [2.24, 2.45) is 23.2 Å². The summed E-state index contributed by atoms with van der Waals surface area (Å²) in [5.41, 5.74) is 2.76. The average Bonchev–Trinajstić information content (AvgIpc) is 2.21. The zero-order valence-electron chi connectivity index (χ0n) is 12.0. The van der Waals surface area contributed by atoms with Gasteiger partial charge in [0.15, 0.2) is 0 Å². The minimum Gasteiger partial charge on any atom is -0.465 e. The number of esters is 1. The molecule has 0 bridgehead atoms. The summed E-state index contributed by atoms with van der Waals surface area (Å²) in [6.45, 7) is 16.3. The molecule has 0 amide bonds. The molecule has 0 rings (SSSR count). The van der Waals surface area contributed by atoms with E-state index in [9.17, 15) is 4.79 Å². The Bertz CT molecular complexity index is 294. The quantitative estimate of drug-likeness (QED) is 0.519. The van der Waals surface area contributed by atoms with E-state index in [1.165, 1.54) is 0 Å². The summed E-state index contributed by atoms with van der Waals surface area (Å²) in [5.74, 6) is 0.568. The fraction of sp³-hybridized carbons (Fsp3) is 0.733. The Morgan fingerprint density at radius 2 is 1.88 bits per heavy atom. The summed E-state index contributed by atoms with van der Waals surface area (Å²) < 4.78 is 5.34. The lowest BCUT2D eigenvalue weighted by atomic mass is 9.73. The first-order valence-electron chi connectivity index (χ1n) is 6.25. The van der Waals surface area contributed by atoms with Crippen LogP contribution in [-0.2, 0) is 9.53 Å². The predicted octanol–water partition coefficient (Wildman–Crippen LogP) is 3.83. The number of ether oxygens (including phenoxy) is 1. The first-order chi connectivity index (χ1) is 7.72. The first-order valence-corrected chi connectivity index (χ1v) is 6.25. The molecule has 0 aliphatic rings. The van der Waals surface area contributed by atoms with Crippen molar-refractivity contribution in [2.45, 2.75) is 41.5 Å². The Kier molecular flexibility index (Phi) is 6.26. The van der Waals surface area contributed by atoms with Crippen LogP contribution in [0.25, 0.3) is 0 Å². The Morgan fingerprint density at radius 3 is 2.24 bits per heavy atom. The Balaban J connectivity index is 4.63. The predicted molar refractivity (Wildman–Crippen MR) is 71.6 cm³/mol. The van der Waals surface area contributed by atoms with Crippen LogP contribution in [0.2, 0.25) is 0 Å². The molecule has 2 heteroatoms. The monoisotopic (exact) mass is 238 g/mol. The van der Waals surface area contributed by atoms with Gasteiger partial charge in [0.25, 0.3) is 0 Å². The SMILES string of the molecule is C=C=CC(C(C)C)C(C)(C)COC(=O)C(C)C. The number of carbonyl (C=O) groups excluding carboxylic acids is 1. The van der Waals surface area contributed by atoms with Gasteiger partial charge in [-0.3, -0.25) is 4.79 Å². The number of hydrogen-bond donors (Lipinski definition) is 0. The van der Waals surface area contributed by atoms with Crippen molar-refractivity contribution in [3.05, 3.63) is 18.4 Å². The van der Waals surface area contributed by atoms with Crippen molar-refractivity contribution in [1.82, 2.24) is 0 Å². The van der Waals surface area contributed by atoms with E-state index in [0.29, 0.717) is 18.4 Å². The van der Waals surface area contributed by atoms with E-state index in [2.05, 4.69) is 40.0 Å². The molecule has 0 spiro atoms. The standard InChI is InChI=1S/C15H26O2/c1-8-9-13(11(2)3)15(6,7)10-17-14(16)12(4)5/h9,11-13H,1,10H2,2-7H3. The molecule has 0 fully saturated rings. The van der Waals surface area contributed by atoms with Gasteiger partial charge in [-0.05, 0) is 17.9 Å². The molecule has 0 heterocycles. The Morgan fingerprint density at radius 1 is 1.35 bits per heavy atom. The highest BCUT2D eigenvalue weighted by Gasteiger charge is 2.31. The average molecular weight is 238 g/mol. The van der Waals surface area contributed by atoms with Gasteiger partial charge in [-0.15, -0.1) is 5.73 Å². The molecular formula is C15H26O2. The van der Waals surface area contributed by atoms with Crippen LogP contribution < -0.4 is 0 Å². The third kappa shape index (κ3) is 5.23. The second-order valence-electron chi connectivity index (χ2n) is 5.89. The highest BCUT2D eigenvalue weighted by molar-refractivity contribution is 5.71. The first kappa shape index (κ1) is 16.0. The summed E-state index contributed by atoms with van der Waals surface area (Å²) in [7, 11) is 0. The fourth-order valence-electron chi connectivity index (χ4n) is 1.97. The van der Waals surface area contributed by atoms with Crippen molar-refractivity contribution >= 4 is 5.97 Å². The maximum Gasteiger partial charge on any atom is 0.308 e. The largest absolute Gasteiger partial charge is 0.465 e. The molecule has 0 saturated carbocycles. The van der Waals surface area contributed by atoms with Crippen LogP contribution in [0.15, 0.2) is 18.4 Å². The van der Waals surface area contributed by atoms with Crippen molar-refractivity contribution < 1.29 is 9.53 Å². The van der Waals surface area contributed by atoms with Gasteiger partial charge in [0, 0.05) is 5.41 Å². The summed E-state index contributed by atoms with van der Waals surface area (Å²) in [6.07, 6.45) is 1.98. The Hall–Kier alpha value is -1.01. The van der Waals surface area contributed by atoms with Crippen LogP contribution in [-0.4, -0.2) is 12.6 Å². The van der Waals surface area contributed by atoms with Crippen molar-refractivity contribution in [1.29, 1.82) is 0 Å². The van der Waals surface area contributed by atoms with Gasteiger partial charge in [0.2, 0.25) is 0 Å². The van der Waals surface area contributed by atoms with Crippen LogP contribution >= 0.6 is 0 Å². The lowest BCUT2D eigenvalue weighted by Crippen LogP contribution is -2.33. The maximum atomic E-state index is 11.5. The second kappa shape index (κ2) is 6.66. The molecule has 98 valence electrons. The van der Waals surface area contributed by atoms with Gasteiger partial charge < -0.3 is 4.74 Å². The normalized spacial score (nSPS) is 13.4. The Labute approximate surface area is 106 Å². The third-order valence-electron chi connectivity index (χ3n) is 2.98. The molecular weight excluding hydrogens is 212 g/mol. The molecule has 0 aliphatic carbocycles. The summed E-state index contributed by atoms with van der Waals surface area (Å²) in [6, 6.07) is 0. The number of allylic oxidation sites excluding steroid dienone is 1. The lowest BCUT2D eigenvalue weighted by Gasteiger charge is -2.34. The maximum absolute atomic E-state index is 11.5. The van der Waals surface area contributed by atoms with E-state index in [1.54, 1.807) is 0 Å². The molecule has 17 heavy (non-hydrogen) atoms. The molecule has 0 aromatic heterocycles. The van der Waals surface area contributed by atoms with Gasteiger partial charge in [-0.25, -0.2) is 0 Å². The molecule has 1 unspecified atom stereocenters. The molecule has 1 atom stereocenters. The van der Waals surface area contributed by atoms with Crippen molar-refractivity contribution in [3.8, 4) is 0 Å². The van der Waals surface area contributed by atoms with Gasteiger partial charge in [0.1, 0.15) is 0 Å². The van der Waals surface area contributed by atoms with Gasteiger partial charge in [0.05, 0.1) is 12.5 Å². The topological polar surface area (TPSA) is 26.3 Å². The molecule has 0 aromatic carbocycles. The van der Waals surface area contributed by atoms with Gasteiger partial charge >= 0.3 is 5.97 Å². The number of hydrogen-bond acceptors (Lipinski definition) is 2. The van der Waals surface area contributed by atoms with Crippen LogP contribution in [0, 0.1) is 23.2 Å². The summed E-state index contributed by atoms with van der Waals surface area (Å²) in [5, 5.41) is 0. The molecule has 0 aromatic rings. The third-order valence-corrected chi connectivity index (χ3v) is 2.98. The van der Waals surface area contributed by atoms with Crippen LogP contribution in [0.4, 0.5) is 0 Å². The van der Waals surface area contributed by atoms with E-state index in [-0.39, 0.29) is 17.3 Å². The zero-order valence-corrected chi connectivity index (χ0v) is 12.0. The lowest BCUT2D eigenvalue weighted by molar-refractivity contribution is -0.151. The van der Waals surface area contributed by atoms with E-state index in [1.807, 2.05) is 19.9 Å². The molecule has 0 saturated heterocycles. The summed E-state index contributed by atoms with van der Waals surface area (Å²) in [4.78, 5) is 11.5. The second-order valence-corrected chi connectivity index (χ2v) is 5.89. The highest BCUT2D eigenvalue weighted by atomic mass is 16.5. The number of carbonyl (C=O) groups is 1. The van der Waals surface area contributed by atoms with Gasteiger partial charge in [-0.1, -0.05) is 48.1 Å². The molecule has 0 radical (unpaired) electrons. The van der Waals surface area contributed by atoms with Crippen LogP contribution in [0.3, 0.4) is 0 Å². The fourth-order valence-corrected chi connectivity index (χ4v) is 1.97. The van der Waals surface area contributed by atoms with E-state index in [0.717, 1.165) is 0 Å². The minimum atomic E-state index is -0.136. The van der Waals surface area contributed by atoms with E-state index < -0.39 is 0 Å².